The Labute approximate surface area is 119 Å². The minimum Gasteiger partial charge on any atom is -0.496 e. The smallest absolute Gasteiger partial charge is 0.122 e. The van der Waals surface area contributed by atoms with Crippen molar-refractivity contribution < 1.29 is 14.6 Å². The molecule has 3 aliphatic rings. The van der Waals surface area contributed by atoms with E-state index in [1.165, 1.54) is 11.1 Å². The second-order valence-corrected chi connectivity index (χ2v) is 6.48. The molecule has 1 aliphatic heterocycles. The topological polar surface area (TPSA) is 38.7 Å². The molecule has 1 saturated heterocycles. The van der Waals surface area contributed by atoms with Gasteiger partial charge < -0.3 is 14.6 Å². The number of fused-ring (bicyclic) bond motifs is 3. The molecule has 2 aliphatic carbocycles. The summed E-state index contributed by atoms with van der Waals surface area (Å²) in [6, 6.07) is 6.37. The van der Waals surface area contributed by atoms with Crippen LogP contribution in [0.15, 0.2) is 18.2 Å². The van der Waals surface area contributed by atoms with Crippen LogP contribution in [0.1, 0.15) is 36.3 Å². The van der Waals surface area contributed by atoms with Crippen molar-refractivity contribution in [3.05, 3.63) is 29.3 Å². The molecule has 0 amide bonds. The van der Waals surface area contributed by atoms with Crippen LogP contribution >= 0.6 is 0 Å². The average molecular weight is 274 g/mol. The van der Waals surface area contributed by atoms with E-state index in [1.807, 2.05) is 0 Å². The number of rotatable bonds is 2. The molecule has 4 rings (SSSR count). The van der Waals surface area contributed by atoms with Crippen molar-refractivity contribution in [2.45, 2.75) is 37.2 Å². The number of hydrogen-bond donors (Lipinski definition) is 1. The molecule has 3 nitrogen and oxygen atoms in total. The van der Waals surface area contributed by atoms with Crippen molar-refractivity contribution in [1.29, 1.82) is 0 Å². The first-order chi connectivity index (χ1) is 9.80. The molecule has 20 heavy (non-hydrogen) atoms. The highest BCUT2D eigenvalue weighted by Gasteiger charge is 2.59. The van der Waals surface area contributed by atoms with Gasteiger partial charge in [0, 0.05) is 24.0 Å². The highest BCUT2D eigenvalue weighted by Crippen LogP contribution is 2.59. The first kappa shape index (κ1) is 12.7. The Kier molecular flexibility index (Phi) is 2.83. The number of hydrogen-bond acceptors (Lipinski definition) is 3. The third kappa shape index (κ3) is 1.48. The van der Waals surface area contributed by atoms with Crippen LogP contribution in [0.5, 0.6) is 5.75 Å². The summed E-state index contributed by atoms with van der Waals surface area (Å²) in [4.78, 5) is 0. The van der Waals surface area contributed by atoms with Crippen molar-refractivity contribution in [2.75, 3.05) is 20.3 Å². The van der Waals surface area contributed by atoms with Crippen molar-refractivity contribution in [2.24, 2.45) is 11.8 Å². The van der Waals surface area contributed by atoms with Crippen LogP contribution in [0.2, 0.25) is 0 Å². The Morgan fingerprint density at radius 2 is 2.30 bits per heavy atom. The standard InChI is InChI=1S/C17H22O3/c1-19-15-4-2-3-11-7-8-17-13(16(11)15)6-5-12(10-20-17)14(17)9-18/h2-4,12-14,18H,5-10H2,1H3/t12-,13-,14+,17-/m0/s1. The largest absolute Gasteiger partial charge is 0.496 e. The summed E-state index contributed by atoms with van der Waals surface area (Å²) in [5, 5.41) is 9.87. The maximum atomic E-state index is 9.87. The minimum atomic E-state index is -0.140. The van der Waals surface area contributed by atoms with E-state index in [9.17, 15) is 5.11 Å². The Bertz CT molecular complexity index is 513. The lowest BCUT2D eigenvalue weighted by Crippen LogP contribution is -2.50. The second kappa shape index (κ2) is 4.47. The van der Waals surface area contributed by atoms with Crippen LogP contribution in [0.25, 0.3) is 0 Å². The second-order valence-electron chi connectivity index (χ2n) is 6.48. The first-order valence-electron chi connectivity index (χ1n) is 7.70. The molecule has 1 N–H and O–H groups in total. The normalized spacial score (nSPS) is 38.2. The Morgan fingerprint density at radius 3 is 3.10 bits per heavy atom. The summed E-state index contributed by atoms with van der Waals surface area (Å²) in [5.74, 6) is 2.24. The van der Waals surface area contributed by atoms with E-state index in [4.69, 9.17) is 9.47 Å². The molecule has 0 radical (unpaired) electrons. The van der Waals surface area contributed by atoms with Gasteiger partial charge in [-0.1, -0.05) is 12.1 Å². The van der Waals surface area contributed by atoms with E-state index >= 15 is 0 Å². The van der Waals surface area contributed by atoms with E-state index in [1.54, 1.807) is 7.11 Å². The quantitative estimate of drug-likeness (QED) is 0.900. The Hall–Kier alpha value is -1.06. The highest BCUT2D eigenvalue weighted by atomic mass is 16.5. The van der Waals surface area contributed by atoms with Crippen LogP contribution < -0.4 is 4.74 Å². The molecule has 1 heterocycles. The summed E-state index contributed by atoms with van der Waals surface area (Å²) >= 11 is 0. The molecule has 1 aromatic carbocycles. The van der Waals surface area contributed by atoms with Crippen LogP contribution in [0, 0.1) is 11.8 Å². The molecule has 4 atom stereocenters. The molecule has 1 aromatic rings. The van der Waals surface area contributed by atoms with Gasteiger partial charge in [0.05, 0.1) is 19.3 Å². The Morgan fingerprint density at radius 1 is 1.40 bits per heavy atom. The maximum absolute atomic E-state index is 9.87. The first-order valence-corrected chi connectivity index (χ1v) is 7.70. The highest BCUT2D eigenvalue weighted by molar-refractivity contribution is 5.47. The summed E-state index contributed by atoms with van der Waals surface area (Å²) < 4.78 is 11.9. The van der Waals surface area contributed by atoms with Crippen LogP contribution in [-0.4, -0.2) is 31.0 Å². The zero-order valence-corrected chi connectivity index (χ0v) is 12.0. The van der Waals surface area contributed by atoms with Gasteiger partial charge in [-0.15, -0.1) is 0 Å². The maximum Gasteiger partial charge on any atom is 0.122 e. The number of aliphatic hydroxyl groups is 1. The van der Waals surface area contributed by atoms with Gasteiger partial charge in [0.15, 0.2) is 0 Å². The van der Waals surface area contributed by atoms with E-state index in [0.717, 1.165) is 38.0 Å². The number of methoxy groups -OCH3 is 1. The SMILES string of the molecule is COc1cccc2c1[C@@H]1CC[C@H]3CO[C@]1(CC2)[C@@H]3CO. The van der Waals surface area contributed by atoms with Crippen molar-refractivity contribution >= 4 is 0 Å². The van der Waals surface area contributed by atoms with Gasteiger partial charge in [-0.3, -0.25) is 0 Å². The third-order valence-electron chi connectivity index (χ3n) is 5.89. The molecule has 3 heteroatoms. The van der Waals surface area contributed by atoms with Gasteiger partial charge in [0.1, 0.15) is 5.75 Å². The van der Waals surface area contributed by atoms with Crippen molar-refractivity contribution in [3.63, 3.8) is 0 Å². The van der Waals surface area contributed by atoms with Gasteiger partial charge in [-0.05, 0) is 43.2 Å². The lowest BCUT2D eigenvalue weighted by Gasteiger charge is -2.48. The van der Waals surface area contributed by atoms with E-state index in [0.29, 0.717) is 17.8 Å². The molecule has 1 spiro atoms. The molecule has 0 aromatic heterocycles. The van der Waals surface area contributed by atoms with Crippen LogP contribution in [0.4, 0.5) is 0 Å². The number of ether oxygens (including phenoxy) is 2. The monoisotopic (exact) mass is 274 g/mol. The number of aryl methyl sites for hydroxylation is 1. The van der Waals surface area contributed by atoms with Gasteiger partial charge in [0.2, 0.25) is 0 Å². The predicted octanol–water partition coefficient (Wildman–Crippen LogP) is 2.51. The number of aliphatic hydroxyl groups excluding tert-OH is 1. The predicted molar refractivity (Wildman–Crippen MR) is 76.0 cm³/mol. The lowest BCUT2D eigenvalue weighted by molar-refractivity contribution is -0.0745. The van der Waals surface area contributed by atoms with Gasteiger partial charge in [0.25, 0.3) is 0 Å². The molecule has 2 fully saturated rings. The number of benzene rings is 1. The fraction of sp³-hybridized carbons (Fsp3) is 0.647. The fourth-order valence-corrected chi connectivity index (χ4v) is 4.99. The zero-order valence-electron chi connectivity index (χ0n) is 12.0. The van der Waals surface area contributed by atoms with Crippen LogP contribution in [0.3, 0.4) is 0 Å². The minimum absolute atomic E-state index is 0.140. The molecule has 108 valence electrons. The van der Waals surface area contributed by atoms with Gasteiger partial charge in [-0.25, -0.2) is 0 Å². The van der Waals surface area contributed by atoms with E-state index in [-0.39, 0.29) is 12.2 Å². The lowest BCUT2D eigenvalue weighted by atomic mass is 9.59. The molecule has 2 bridgehead atoms. The van der Waals surface area contributed by atoms with E-state index < -0.39 is 0 Å². The summed E-state index contributed by atoms with van der Waals surface area (Å²) in [7, 11) is 1.75. The zero-order chi connectivity index (χ0) is 13.7. The van der Waals surface area contributed by atoms with Crippen molar-refractivity contribution in [1.82, 2.24) is 0 Å². The summed E-state index contributed by atoms with van der Waals surface area (Å²) in [6.45, 7) is 1.08. The van der Waals surface area contributed by atoms with Gasteiger partial charge >= 0.3 is 0 Å². The van der Waals surface area contributed by atoms with E-state index in [2.05, 4.69) is 18.2 Å². The summed E-state index contributed by atoms with van der Waals surface area (Å²) in [5.41, 5.74) is 2.62. The van der Waals surface area contributed by atoms with Crippen LogP contribution in [-0.2, 0) is 11.2 Å². The molecule has 1 saturated carbocycles. The summed E-state index contributed by atoms with van der Waals surface area (Å²) in [6.07, 6.45) is 4.40. The van der Waals surface area contributed by atoms with Gasteiger partial charge in [-0.2, -0.15) is 0 Å². The fourth-order valence-electron chi connectivity index (χ4n) is 4.99. The Balaban J connectivity index is 1.85. The molecule has 0 unspecified atom stereocenters. The third-order valence-corrected chi connectivity index (χ3v) is 5.89. The molecular formula is C17H22O3. The average Bonchev–Trinajstić information content (AvgIpc) is 2.72. The van der Waals surface area contributed by atoms with Crippen molar-refractivity contribution in [3.8, 4) is 5.75 Å². The molecular weight excluding hydrogens is 252 g/mol.